The molecule has 130 valence electrons. The average molecular weight is 324 g/mol. The molecule has 0 amide bonds. The van der Waals surface area contributed by atoms with Gasteiger partial charge in [-0.3, -0.25) is 0 Å². The van der Waals surface area contributed by atoms with Crippen LogP contribution in [0.25, 0.3) is 4.85 Å². The Hall–Kier alpha value is -0.555. The van der Waals surface area contributed by atoms with Crippen LogP contribution < -0.4 is 5.23 Å². The van der Waals surface area contributed by atoms with E-state index in [-0.39, 0.29) is 0 Å². The average Bonchev–Trinajstić information content (AvgIpc) is 2.47. The summed E-state index contributed by atoms with van der Waals surface area (Å²) in [4.78, 5) is 7.23. The van der Waals surface area contributed by atoms with Gasteiger partial charge in [-0.25, -0.2) is 6.57 Å². The van der Waals surface area contributed by atoms with Gasteiger partial charge in [0, 0.05) is 0 Å². The van der Waals surface area contributed by atoms with Crippen LogP contribution >= 0.6 is 0 Å². The molecule has 0 rings (SSSR count). The minimum Gasteiger partial charge on any atom is -0.437 e. The first-order valence-electron chi connectivity index (χ1n) is 8.47. The zero-order valence-electron chi connectivity index (χ0n) is 14.8. The summed E-state index contributed by atoms with van der Waals surface area (Å²) in [6, 6.07) is 0. The van der Waals surface area contributed by atoms with Gasteiger partial charge in [0.25, 0.3) is 0 Å². The molecule has 0 saturated heterocycles. The second kappa shape index (κ2) is 13.8. The predicted octanol–water partition coefficient (Wildman–Crippen LogP) is -0.400. The SMILES string of the molecule is [C-]#[N+]CCN(CCCCN(CCCNB(C)O)B(C)O)B(C)O. The van der Waals surface area contributed by atoms with E-state index in [1.165, 1.54) is 0 Å². The number of rotatable bonds is 14. The molecular formula is C13H31B3N4O3. The first-order chi connectivity index (χ1) is 10.9. The zero-order chi connectivity index (χ0) is 17.7. The van der Waals surface area contributed by atoms with Crippen molar-refractivity contribution in [1.29, 1.82) is 0 Å². The van der Waals surface area contributed by atoms with Crippen molar-refractivity contribution in [2.75, 3.05) is 39.3 Å². The molecule has 4 N–H and O–H groups in total. The molecule has 0 heterocycles. The Labute approximate surface area is 142 Å². The summed E-state index contributed by atoms with van der Waals surface area (Å²) in [5, 5.41) is 31.6. The third kappa shape index (κ3) is 12.5. The topological polar surface area (TPSA) is 83.6 Å². The third-order valence-electron chi connectivity index (χ3n) is 3.76. The molecule has 7 nitrogen and oxygen atoms in total. The van der Waals surface area contributed by atoms with Gasteiger partial charge in [0.15, 0.2) is 0 Å². The summed E-state index contributed by atoms with van der Waals surface area (Å²) in [6.07, 6.45) is 2.70. The van der Waals surface area contributed by atoms with Crippen LogP contribution in [0.15, 0.2) is 0 Å². The summed E-state index contributed by atoms with van der Waals surface area (Å²) in [6.45, 7) is 16.0. The van der Waals surface area contributed by atoms with Gasteiger partial charge in [0.05, 0.1) is 6.54 Å². The maximum absolute atomic E-state index is 9.81. The van der Waals surface area contributed by atoms with E-state index in [1.54, 1.807) is 20.5 Å². The molecule has 0 aromatic carbocycles. The molecule has 0 bridgehead atoms. The first kappa shape index (κ1) is 22.4. The Balaban J connectivity index is 3.96. The van der Waals surface area contributed by atoms with E-state index in [2.05, 4.69) is 10.1 Å². The lowest BCUT2D eigenvalue weighted by Crippen LogP contribution is -2.41. The Bertz CT molecular complexity index is 330. The normalized spacial score (nSPS) is 10.9. The number of hydrogen-bond acceptors (Lipinski definition) is 6. The van der Waals surface area contributed by atoms with Crippen LogP contribution in [0, 0.1) is 6.57 Å². The van der Waals surface area contributed by atoms with E-state index in [1.807, 2.05) is 9.62 Å². The highest BCUT2D eigenvalue weighted by atomic mass is 16.2. The lowest BCUT2D eigenvalue weighted by Gasteiger charge is -2.25. The molecule has 0 aliphatic rings. The molecule has 0 saturated carbocycles. The summed E-state index contributed by atoms with van der Waals surface area (Å²) in [5.74, 6) is 0. The maximum atomic E-state index is 9.81. The van der Waals surface area contributed by atoms with Crippen molar-refractivity contribution >= 4 is 21.2 Å². The molecule has 0 unspecified atom stereocenters. The molecule has 10 heteroatoms. The van der Waals surface area contributed by atoms with Gasteiger partial charge in [-0.05, 0) is 65.9 Å². The highest BCUT2D eigenvalue weighted by Gasteiger charge is 2.18. The second-order valence-corrected chi connectivity index (χ2v) is 5.91. The van der Waals surface area contributed by atoms with Crippen LogP contribution in [-0.4, -0.2) is 85.1 Å². The van der Waals surface area contributed by atoms with Gasteiger partial charge in [-0.2, -0.15) is 0 Å². The molecule has 0 atom stereocenters. The minimum atomic E-state index is -0.531. The van der Waals surface area contributed by atoms with E-state index in [4.69, 9.17) is 11.6 Å². The van der Waals surface area contributed by atoms with Crippen LogP contribution in [0.4, 0.5) is 0 Å². The van der Waals surface area contributed by atoms with Crippen LogP contribution in [0.2, 0.25) is 20.5 Å². The van der Waals surface area contributed by atoms with Gasteiger partial charge in [-0.15, -0.1) is 0 Å². The molecule has 0 aromatic heterocycles. The third-order valence-corrected chi connectivity index (χ3v) is 3.76. The Kier molecular flexibility index (Phi) is 13.5. The molecule has 0 radical (unpaired) electrons. The summed E-state index contributed by atoms with van der Waals surface area (Å²) in [5.41, 5.74) is 0. The molecule has 0 aliphatic carbocycles. The Morgan fingerprint density at radius 3 is 1.78 bits per heavy atom. The summed E-state index contributed by atoms with van der Waals surface area (Å²) < 4.78 is 0. The fourth-order valence-electron chi connectivity index (χ4n) is 2.37. The van der Waals surface area contributed by atoms with Gasteiger partial charge >= 0.3 is 21.2 Å². The number of unbranched alkanes of at least 4 members (excludes halogenated alkanes) is 1. The highest BCUT2D eigenvalue weighted by molar-refractivity contribution is 6.46. The van der Waals surface area contributed by atoms with Crippen molar-refractivity contribution in [3.63, 3.8) is 0 Å². The van der Waals surface area contributed by atoms with Crippen molar-refractivity contribution < 1.29 is 15.1 Å². The maximum Gasteiger partial charge on any atom is 0.376 e. The first-order valence-corrected chi connectivity index (χ1v) is 8.47. The van der Waals surface area contributed by atoms with Crippen LogP contribution in [0.5, 0.6) is 0 Å². The van der Waals surface area contributed by atoms with Crippen molar-refractivity contribution in [3.8, 4) is 0 Å². The second-order valence-electron chi connectivity index (χ2n) is 5.91. The van der Waals surface area contributed by atoms with E-state index < -0.39 is 21.2 Å². The smallest absolute Gasteiger partial charge is 0.376 e. The molecular weight excluding hydrogens is 293 g/mol. The van der Waals surface area contributed by atoms with E-state index >= 15 is 0 Å². The molecule has 0 spiro atoms. The number of hydrogen-bond donors (Lipinski definition) is 4. The molecule has 0 fully saturated rings. The Morgan fingerprint density at radius 1 is 0.870 bits per heavy atom. The van der Waals surface area contributed by atoms with Crippen LogP contribution in [0.1, 0.15) is 19.3 Å². The lowest BCUT2D eigenvalue weighted by atomic mass is 9.83. The minimum absolute atomic E-state index is 0.404. The standard InChI is InChI=1S/C13H31B3N4O3/c1-14(21)18-8-7-12-19(15(2)22)10-5-6-11-20(16(3)23)13-9-17-4/h18,21-23H,5-13H2,1-3H3. The fraction of sp³-hybridized carbons (Fsp3) is 0.923. The lowest BCUT2D eigenvalue weighted by molar-refractivity contribution is 0.330. The van der Waals surface area contributed by atoms with Crippen LogP contribution in [-0.2, 0) is 0 Å². The quantitative estimate of drug-likeness (QED) is 0.198. The summed E-state index contributed by atoms with van der Waals surface area (Å²) >= 11 is 0. The van der Waals surface area contributed by atoms with Gasteiger partial charge in [-0.1, -0.05) is 0 Å². The zero-order valence-corrected chi connectivity index (χ0v) is 14.8. The monoisotopic (exact) mass is 324 g/mol. The fourth-order valence-corrected chi connectivity index (χ4v) is 2.37. The van der Waals surface area contributed by atoms with Crippen LogP contribution in [0.3, 0.4) is 0 Å². The van der Waals surface area contributed by atoms with Gasteiger partial charge in [0.2, 0.25) is 6.54 Å². The molecule has 0 aliphatic heterocycles. The highest BCUT2D eigenvalue weighted by Crippen LogP contribution is 2.02. The van der Waals surface area contributed by atoms with E-state index in [9.17, 15) is 10.0 Å². The molecule has 23 heavy (non-hydrogen) atoms. The van der Waals surface area contributed by atoms with Crippen molar-refractivity contribution in [1.82, 2.24) is 14.8 Å². The summed E-state index contributed by atoms with van der Waals surface area (Å²) in [7, 11) is -1.52. The van der Waals surface area contributed by atoms with E-state index in [0.29, 0.717) is 19.6 Å². The van der Waals surface area contributed by atoms with Gasteiger partial charge < -0.3 is 34.8 Å². The molecule has 0 aromatic rings. The predicted molar refractivity (Wildman–Crippen MR) is 98.0 cm³/mol. The number of nitrogens with one attached hydrogen (secondary N) is 1. The van der Waals surface area contributed by atoms with Gasteiger partial charge in [0.1, 0.15) is 0 Å². The van der Waals surface area contributed by atoms with E-state index in [0.717, 1.165) is 38.9 Å². The largest absolute Gasteiger partial charge is 0.437 e. The van der Waals surface area contributed by atoms with Crippen molar-refractivity contribution in [3.05, 3.63) is 11.4 Å². The van der Waals surface area contributed by atoms with Crippen molar-refractivity contribution in [2.45, 2.75) is 39.7 Å². The Morgan fingerprint density at radius 2 is 1.35 bits per heavy atom. The number of nitrogens with zero attached hydrogens (tertiary/aromatic N) is 3. The van der Waals surface area contributed by atoms with Crippen molar-refractivity contribution in [2.24, 2.45) is 0 Å².